The first-order valence-electron chi connectivity index (χ1n) is 7.83. The molecule has 5 nitrogen and oxygen atoms in total. The molecule has 0 N–H and O–H groups in total. The summed E-state index contributed by atoms with van der Waals surface area (Å²) >= 11 is 0. The minimum absolute atomic E-state index is 0.209. The SMILES string of the molecule is C=C(C)C(=O)Oc1ccc2c(c1)C(=O)OC(C)(C1CCCC1)O2. The molecule has 1 heterocycles. The van der Waals surface area contributed by atoms with Gasteiger partial charge in [0.2, 0.25) is 0 Å². The molecule has 23 heavy (non-hydrogen) atoms. The molecule has 122 valence electrons. The third kappa shape index (κ3) is 2.96. The van der Waals surface area contributed by atoms with Crippen molar-refractivity contribution in [1.82, 2.24) is 0 Å². The van der Waals surface area contributed by atoms with E-state index in [1.54, 1.807) is 19.1 Å². The van der Waals surface area contributed by atoms with Gasteiger partial charge in [-0.3, -0.25) is 0 Å². The zero-order valence-corrected chi connectivity index (χ0v) is 13.4. The van der Waals surface area contributed by atoms with Crippen molar-refractivity contribution in [2.24, 2.45) is 5.92 Å². The van der Waals surface area contributed by atoms with Crippen molar-refractivity contribution in [3.05, 3.63) is 35.9 Å². The summed E-state index contributed by atoms with van der Waals surface area (Å²) in [6, 6.07) is 4.71. The average molecular weight is 316 g/mol. The molecule has 1 atom stereocenters. The molecule has 1 saturated carbocycles. The molecule has 0 saturated heterocycles. The molecule has 1 aliphatic heterocycles. The van der Waals surface area contributed by atoms with Gasteiger partial charge in [0, 0.05) is 18.4 Å². The molecule has 5 heteroatoms. The zero-order chi connectivity index (χ0) is 16.6. The predicted molar refractivity (Wildman–Crippen MR) is 83.3 cm³/mol. The third-order valence-electron chi connectivity index (χ3n) is 4.43. The Morgan fingerprint density at radius 1 is 1.30 bits per heavy atom. The number of hydrogen-bond acceptors (Lipinski definition) is 5. The molecule has 2 aliphatic rings. The fourth-order valence-corrected chi connectivity index (χ4v) is 3.11. The van der Waals surface area contributed by atoms with Crippen LogP contribution in [0.4, 0.5) is 0 Å². The van der Waals surface area contributed by atoms with Crippen LogP contribution in [0, 0.1) is 5.92 Å². The third-order valence-corrected chi connectivity index (χ3v) is 4.43. The highest BCUT2D eigenvalue weighted by molar-refractivity contribution is 5.95. The molecule has 1 fully saturated rings. The number of carbonyl (C=O) groups is 2. The highest BCUT2D eigenvalue weighted by Gasteiger charge is 2.45. The normalized spacial score (nSPS) is 23.7. The van der Waals surface area contributed by atoms with E-state index in [9.17, 15) is 9.59 Å². The number of carbonyl (C=O) groups excluding carboxylic acids is 2. The lowest BCUT2D eigenvalue weighted by Crippen LogP contribution is -2.47. The van der Waals surface area contributed by atoms with E-state index >= 15 is 0 Å². The van der Waals surface area contributed by atoms with Crippen LogP contribution in [-0.2, 0) is 9.53 Å². The van der Waals surface area contributed by atoms with Gasteiger partial charge in [-0.2, -0.15) is 0 Å². The first-order valence-corrected chi connectivity index (χ1v) is 7.83. The quantitative estimate of drug-likeness (QED) is 0.484. The van der Waals surface area contributed by atoms with Gasteiger partial charge in [0.05, 0.1) is 0 Å². The molecule has 0 amide bonds. The maximum Gasteiger partial charge on any atom is 0.345 e. The van der Waals surface area contributed by atoms with Crippen molar-refractivity contribution in [2.75, 3.05) is 0 Å². The monoisotopic (exact) mass is 316 g/mol. The van der Waals surface area contributed by atoms with E-state index in [1.807, 2.05) is 6.92 Å². The molecule has 1 aromatic carbocycles. The van der Waals surface area contributed by atoms with Crippen LogP contribution in [0.3, 0.4) is 0 Å². The van der Waals surface area contributed by atoms with Crippen LogP contribution in [0.1, 0.15) is 49.9 Å². The molecule has 0 aromatic heterocycles. The van der Waals surface area contributed by atoms with E-state index in [0.29, 0.717) is 5.75 Å². The molecular weight excluding hydrogens is 296 g/mol. The number of hydrogen-bond donors (Lipinski definition) is 0. The summed E-state index contributed by atoms with van der Waals surface area (Å²) in [6.45, 7) is 6.90. The summed E-state index contributed by atoms with van der Waals surface area (Å²) in [6.07, 6.45) is 4.24. The molecule has 1 aliphatic carbocycles. The number of cyclic esters (lactones) is 1. The van der Waals surface area contributed by atoms with Crippen molar-refractivity contribution < 1.29 is 23.8 Å². The van der Waals surface area contributed by atoms with Crippen LogP contribution in [0.5, 0.6) is 11.5 Å². The van der Waals surface area contributed by atoms with Crippen molar-refractivity contribution in [2.45, 2.75) is 45.3 Å². The van der Waals surface area contributed by atoms with E-state index in [-0.39, 0.29) is 22.8 Å². The number of ether oxygens (including phenoxy) is 3. The second-order valence-corrected chi connectivity index (χ2v) is 6.32. The van der Waals surface area contributed by atoms with Gasteiger partial charge in [0.15, 0.2) is 0 Å². The van der Waals surface area contributed by atoms with Gasteiger partial charge in [-0.1, -0.05) is 19.4 Å². The summed E-state index contributed by atoms with van der Waals surface area (Å²) in [5.41, 5.74) is 0.558. The second kappa shape index (κ2) is 5.72. The fraction of sp³-hybridized carbons (Fsp3) is 0.444. The Balaban J connectivity index is 1.84. The zero-order valence-electron chi connectivity index (χ0n) is 13.4. The molecule has 0 spiro atoms. The van der Waals surface area contributed by atoms with Crippen molar-refractivity contribution >= 4 is 11.9 Å². The first kappa shape index (κ1) is 15.6. The standard InChI is InChI=1S/C18H20O5/c1-11(2)16(19)21-13-8-9-15-14(10-13)17(20)23-18(3,22-15)12-6-4-5-7-12/h8-10,12H,1,4-7H2,2-3H3. The Hall–Kier alpha value is -2.30. The Bertz CT molecular complexity index is 672. The van der Waals surface area contributed by atoms with Crippen molar-refractivity contribution in [3.8, 4) is 11.5 Å². The smallest absolute Gasteiger partial charge is 0.345 e. The highest BCUT2D eigenvalue weighted by Crippen LogP contribution is 2.42. The van der Waals surface area contributed by atoms with Gasteiger partial charge < -0.3 is 14.2 Å². The Labute approximate surface area is 135 Å². The molecule has 0 bridgehead atoms. The second-order valence-electron chi connectivity index (χ2n) is 6.32. The van der Waals surface area contributed by atoms with E-state index in [4.69, 9.17) is 14.2 Å². The van der Waals surface area contributed by atoms with Crippen LogP contribution in [0.15, 0.2) is 30.4 Å². The summed E-state index contributed by atoms with van der Waals surface area (Å²) in [5, 5.41) is 0. The average Bonchev–Trinajstić information content (AvgIpc) is 3.03. The predicted octanol–water partition coefficient (Wildman–Crippen LogP) is 3.62. The summed E-state index contributed by atoms with van der Waals surface area (Å²) in [4.78, 5) is 23.9. The summed E-state index contributed by atoms with van der Waals surface area (Å²) < 4.78 is 16.7. The summed E-state index contributed by atoms with van der Waals surface area (Å²) in [5.74, 6) is -0.969. The molecule has 1 unspecified atom stereocenters. The van der Waals surface area contributed by atoms with E-state index < -0.39 is 17.7 Å². The largest absolute Gasteiger partial charge is 0.451 e. The van der Waals surface area contributed by atoms with Crippen molar-refractivity contribution in [1.29, 1.82) is 0 Å². The molecule has 0 radical (unpaired) electrons. The van der Waals surface area contributed by atoms with Crippen LogP contribution < -0.4 is 9.47 Å². The fourth-order valence-electron chi connectivity index (χ4n) is 3.11. The van der Waals surface area contributed by atoms with Gasteiger partial charge >= 0.3 is 11.9 Å². The van der Waals surface area contributed by atoms with Gasteiger partial charge in [0.25, 0.3) is 5.79 Å². The topological polar surface area (TPSA) is 61.8 Å². The lowest BCUT2D eigenvalue weighted by atomic mass is 9.96. The Morgan fingerprint density at radius 2 is 2.00 bits per heavy atom. The van der Waals surface area contributed by atoms with Crippen LogP contribution in [0.2, 0.25) is 0 Å². The number of esters is 2. The lowest BCUT2D eigenvalue weighted by Gasteiger charge is -2.38. The van der Waals surface area contributed by atoms with Gasteiger partial charge in [-0.15, -0.1) is 0 Å². The van der Waals surface area contributed by atoms with E-state index in [2.05, 4.69) is 6.58 Å². The van der Waals surface area contributed by atoms with Crippen LogP contribution in [0.25, 0.3) is 0 Å². The Morgan fingerprint density at radius 3 is 2.65 bits per heavy atom. The van der Waals surface area contributed by atoms with E-state index in [0.717, 1.165) is 25.7 Å². The minimum Gasteiger partial charge on any atom is -0.451 e. The van der Waals surface area contributed by atoms with Crippen LogP contribution >= 0.6 is 0 Å². The van der Waals surface area contributed by atoms with E-state index in [1.165, 1.54) is 6.07 Å². The molecular formula is C18H20O5. The minimum atomic E-state index is -0.920. The van der Waals surface area contributed by atoms with Gasteiger partial charge in [-0.25, -0.2) is 9.59 Å². The van der Waals surface area contributed by atoms with Gasteiger partial charge in [-0.05, 0) is 38.0 Å². The summed E-state index contributed by atoms with van der Waals surface area (Å²) in [7, 11) is 0. The number of benzene rings is 1. The molecule has 1 aromatic rings. The van der Waals surface area contributed by atoms with Crippen LogP contribution in [-0.4, -0.2) is 17.7 Å². The number of fused-ring (bicyclic) bond motifs is 1. The maximum absolute atomic E-state index is 12.4. The van der Waals surface area contributed by atoms with Crippen molar-refractivity contribution in [3.63, 3.8) is 0 Å². The maximum atomic E-state index is 12.4. The van der Waals surface area contributed by atoms with Gasteiger partial charge in [0.1, 0.15) is 17.1 Å². The highest BCUT2D eigenvalue weighted by atomic mass is 16.7. The number of rotatable bonds is 3. The Kier molecular flexibility index (Phi) is 3.88. The lowest BCUT2D eigenvalue weighted by molar-refractivity contribution is -0.175. The first-order chi connectivity index (χ1) is 10.9. The molecule has 3 rings (SSSR count).